The van der Waals surface area contributed by atoms with Gasteiger partial charge in [0.1, 0.15) is 6.10 Å². The van der Waals surface area contributed by atoms with E-state index >= 15 is 0 Å². The van der Waals surface area contributed by atoms with Crippen LogP contribution in [-0.2, 0) is 9.53 Å². The zero-order valence-electron chi connectivity index (χ0n) is 15.4. The van der Waals surface area contributed by atoms with Crippen LogP contribution in [0.1, 0.15) is 103 Å². The van der Waals surface area contributed by atoms with Gasteiger partial charge in [-0.25, -0.2) is 0 Å². The number of esters is 1. The van der Waals surface area contributed by atoms with Crippen molar-refractivity contribution in [3.63, 3.8) is 0 Å². The third kappa shape index (κ3) is 12.5. The van der Waals surface area contributed by atoms with E-state index in [0.29, 0.717) is 6.42 Å². The minimum Gasteiger partial charge on any atom is -0.461 e. The number of unbranched alkanes of at least 4 members (excludes halogenated alkanes) is 12. The van der Waals surface area contributed by atoms with Crippen LogP contribution in [-0.4, -0.2) is 25.2 Å². The van der Waals surface area contributed by atoms with Crippen LogP contribution in [0.3, 0.4) is 0 Å². The van der Waals surface area contributed by atoms with Crippen LogP contribution in [0.15, 0.2) is 0 Å². The summed E-state index contributed by atoms with van der Waals surface area (Å²) in [6.45, 7) is 4.09. The van der Waals surface area contributed by atoms with Crippen LogP contribution >= 0.6 is 0 Å². The van der Waals surface area contributed by atoms with Crippen molar-refractivity contribution in [2.45, 2.75) is 109 Å². The number of nitrogens with one attached hydrogen (secondary N) is 1. The van der Waals surface area contributed by atoms with Crippen molar-refractivity contribution >= 4 is 5.97 Å². The molecule has 23 heavy (non-hydrogen) atoms. The fourth-order valence-corrected chi connectivity index (χ4v) is 3.26. The molecule has 0 aromatic heterocycles. The Labute approximate surface area is 143 Å². The Morgan fingerprint density at radius 1 is 0.870 bits per heavy atom. The Balaban J connectivity index is 1.73. The van der Waals surface area contributed by atoms with E-state index in [2.05, 4.69) is 12.2 Å². The van der Waals surface area contributed by atoms with Gasteiger partial charge in [-0.3, -0.25) is 4.79 Å². The molecule has 3 nitrogen and oxygen atoms in total. The van der Waals surface area contributed by atoms with E-state index in [4.69, 9.17) is 4.74 Å². The Morgan fingerprint density at radius 3 is 1.87 bits per heavy atom. The predicted molar refractivity (Wildman–Crippen MR) is 97.7 cm³/mol. The number of hydrogen-bond acceptors (Lipinski definition) is 3. The first-order valence-electron chi connectivity index (χ1n) is 10.2. The van der Waals surface area contributed by atoms with E-state index < -0.39 is 0 Å². The Morgan fingerprint density at radius 2 is 1.39 bits per heavy atom. The average Bonchev–Trinajstić information content (AvgIpc) is 3.04. The summed E-state index contributed by atoms with van der Waals surface area (Å²) in [4.78, 5) is 11.7. The van der Waals surface area contributed by atoms with E-state index in [1.165, 1.54) is 77.0 Å². The minimum absolute atomic E-state index is 0.00164. The first-order valence-corrected chi connectivity index (χ1v) is 10.2. The molecule has 3 heteroatoms. The van der Waals surface area contributed by atoms with Crippen molar-refractivity contribution in [3.8, 4) is 0 Å². The number of carbonyl (C=O) groups excluding carboxylic acids is 1. The Bertz CT molecular complexity index is 275. The molecule has 0 aliphatic carbocycles. The van der Waals surface area contributed by atoms with Crippen LogP contribution in [0.5, 0.6) is 0 Å². The standard InChI is InChI=1S/C20H39NO2/c1-2-3-4-5-6-7-8-9-10-11-12-13-14-15-20(22)23-19-16-17-21-18-19/h19,21H,2-18H2,1H3. The van der Waals surface area contributed by atoms with Crippen molar-refractivity contribution in [2.75, 3.05) is 13.1 Å². The monoisotopic (exact) mass is 325 g/mol. The van der Waals surface area contributed by atoms with Gasteiger partial charge in [-0.15, -0.1) is 0 Å². The number of ether oxygens (including phenoxy) is 1. The van der Waals surface area contributed by atoms with Gasteiger partial charge in [0, 0.05) is 13.0 Å². The summed E-state index contributed by atoms with van der Waals surface area (Å²) in [6.07, 6.45) is 19.1. The molecular weight excluding hydrogens is 286 g/mol. The van der Waals surface area contributed by atoms with Crippen LogP contribution in [0.4, 0.5) is 0 Å². The molecular formula is C20H39NO2. The summed E-state index contributed by atoms with van der Waals surface area (Å²) in [5.41, 5.74) is 0. The maximum absolute atomic E-state index is 11.7. The quantitative estimate of drug-likeness (QED) is 0.325. The maximum atomic E-state index is 11.7. The van der Waals surface area contributed by atoms with Crippen LogP contribution in [0.25, 0.3) is 0 Å². The minimum atomic E-state index is 0.00164. The summed E-state index contributed by atoms with van der Waals surface area (Å²) in [5.74, 6) is 0.00164. The molecule has 1 aliphatic heterocycles. The van der Waals surface area contributed by atoms with Gasteiger partial charge < -0.3 is 10.1 Å². The van der Waals surface area contributed by atoms with Crippen LogP contribution in [0, 0.1) is 0 Å². The lowest BCUT2D eigenvalue weighted by Crippen LogP contribution is -2.20. The first-order chi connectivity index (χ1) is 11.3. The molecule has 1 unspecified atom stereocenters. The van der Waals surface area contributed by atoms with Crippen molar-refractivity contribution in [3.05, 3.63) is 0 Å². The second-order valence-electron chi connectivity index (χ2n) is 7.10. The first kappa shape index (κ1) is 20.5. The molecule has 0 aromatic rings. The van der Waals surface area contributed by atoms with Crippen molar-refractivity contribution < 1.29 is 9.53 Å². The summed E-state index contributed by atoms with van der Waals surface area (Å²) >= 11 is 0. The molecule has 136 valence electrons. The third-order valence-corrected chi connectivity index (χ3v) is 4.80. The molecule has 0 amide bonds. The topological polar surface area (TPSA) is 38.3 Å². The van der Waals surface area contributed by atoms with Gasteiger partial charge in [-0.2, -0.15) is 0 Å². The normalized spacial score (nSPS) is 17.5. The van der Waals surface area contributed by atoms with Crippen LogP contribution in [0.2, 0.25) is 0 Å². The molecule has 1 atom stereocenters. The molecule has 0 aromatic carbocycles. The lowest BCUT2D eigenvalue weighted by atomic mass is 10.0. The third-order valence-electron chi connectivity index (χ3n) is 4.80. The smallest absolute Gasteiger partial charge is 0.306 e. The van der Waals surface area contributed by atoms with E-state index in [1.54, 1.807) is 0 Å². The average molecular weight is 326 g/mol. The molecule has 0 saturated carbocycles. The fourth-order valence-electron chi connectivity index (χ4n) is 3.26. The van der Waals surface area contributed by atoms with Gasteiger partial charge in [0.15, 0.2) is 0 Å². The van der Waals surface area contributed by atoms with Crippen molar-refractivity contribution in [2.24, 2.45) is 0 Å². The highest BCUT2D eigenvalue weighted by atomic mass is 16.5. The fraction of sp³-hybridized carbons (Fsp3) is 0.950. The van der Waals surface area contributed by atoms with Gasteiger partial charge in [0.25, 0.3) is 0 Å². The predicted octanol–water partition coefficient (Wildman–Crippen LogP) is 5.37. The van der Waals surface area contributed by atoms with E-state index in [9.17, 15) is 4.79 Å². The molecule has 0 radical (unpaired) electrons. The largest absolute Gasteiger partial charge is 0.461 e. The SMILES string of the molecule is CCCCCCCCCCCCCCCC(=O)OC1CCNC1. The Hall–Kier alpha value is -0.570. The lowest BCUT2D eigenvalue weighted by Gasteiger charge is -2.10. The van der Waals surface area contributed by atoms with Gasteiger partial charge in [0.2, 0.25) is 0 Å². The second kappa shape index (κ2) is 15.0. The van der Waals surface area contributed by atoms with Gasteiger partial charge in [0.05, 0.1) is 0 Å². The van der Waals surface area contributed by atoms with Gasteiger partial charge in [-0.05, 0) is 19.4 Å². The summed E-state index contributed by atoms with van der Waals surface area (Å²) in [5, 5.41) is 3.22. The zero-order valence-corrected chi connectivity index (χ0v) is 15.4. The molecule has 1 heterocycles. The lowest BCUT2D eigenvalue weighted by molar-refractivity contribution is -0.148. The number of hydrogen-bond donors (Lipinski definition) is 1. The molecule has 1 rings (SSSR count). The van der Waals surface area contributed by atoms with E-state index in [0.717, 1.165) is 25.9 Å². The van der Waals surface area contributed by atoms with Gasteiger partial charge in [-0.1, -0.05) is 84.0 Å². The summed E-state index contributed by atoms with van der Waals surface area (Å²) in [6, 6.07) is 0. The highest BCUT2D eigenvalue weighted by molar-refractivity contribution is 5.69. The van der Waals surface area contributed by atoms with Crippen molar-refractivity contribution in [1.29, 1.82) is 0 Å². The van der Waals surface area contributed by atoms with E-state index in [-0.39, 0.29) is 12.1 Å². The molecule has 1 N–H and O–H groups in total. The van der Waals surface area contributed by atoms with Crippen molar-refractivity contribution in [1.82, 2.24) is 5.32 Å². The van der Waals surface area contributed by atoms with Gasteiger partial charge >= 0.3 is 5.97 Å². The summed E-state index contributed by atoms with van der Waals surface area (Å²) < 4.78 is 5.42. The highest BCUT2D eigenvalue weighted by Crippen LogP contribution is 2.13. The van der Waals surface area contributed by atoms with E-state index in [1.807, 2.05) is 0 Å². The second-order valence-corrected chi connectivity index (χ2v) is 7.10. The molecule has 1 fully saturated rings. The maximum Gasteiger partial charge on any atom is 0.306 e. The molecule has 1 saturated heterocycles. The molecule has 1 aliphatic rings. The molecule has 0 bridgehead atoms. The summed E-state index contributed by atoms with van der Waals surface area (Å²) in [7, 11) is 0. The highest BCUT2D eigenvalue weighted by Gasteiger charge is 2.18. The molecule has 0 spiro atoms. The van der Waals surface area contributed by atoms with Crippen LogP contribution < -0.4 is 5.32 Å². The number of carbonyl (C=O) groups is 1. The Kier molecular flexibility index (Phi) is 13.3. The zero-order chi connectivity index (χ0) is 16.6. The number of rotatable bonds is 15.